The van der Waals surface area contributed by atoms with Crippen LogP contribution in [0.2, 0.25) is 0 Å². The van der Waals surface area contributed by atoms with Crippen molar-refractivity contribution >= 4 is 11.5 Å². The average molecular weight is 370 g/mol. The minimum atomic E-state index is -4.65. The molecule has 1 rings (SSSR count). The Morgan fingerprint density at radius 3 is 2.46 bits per heavy atom. The fourth-order valence-corrected chi connectivity index (χ4v) is 2.03. The zero-order valence-electron chi connectivity index (χ0n) is 14.2. The third-order valence-corrected chi connectivity index (χ3v) is 3.25. The minimum absolute atomic E-state index is 0.120. The van der Waals surface area contributed by atoms with Gasteiger partial charge in [0.25, 0.3) is 0 Å². The number of allylic oxidation sites excluding steroid dienone is 4. The van der Waals surface area contributed by atoms with Gasteiger partial charge in [-0.1, -0.05) is 30.9 Å². The van der Waals surface area contributed by atoms with Crippen molar-refractivity contribution in [3.8, 4) is 0 Å². The second-order valence-electron chi connectivity index (χ2n) is 5.18. The number of nitrogens with one attached hydrogen (secondary N) is 1. The predicted molar refractivity (Wildman–Crippen MR) is 94.1 cm³/mol. The third-order valence-electron chi connectivity index (χ3n) is 3.25. The highest BCUT2D eigenvalue weighted by Crippen LogP contribution is 2.25. The summed E-state index contributed by atoms with van der Waals surface area (Å²) in [5.41, 5.74) is -0.150. The summed E-state index contributed by atoms with van der Waals surface area (Å²) in [7, 11) is 0. The second-order valence-corrected chi connectivity index (χ2v) is 5.18. The fourth-order valence-electron chi connectivity index (χ4n) is 2.03. The Labute approximate surface area is 149 Å². The Bertz CT molecular complexity index is 730. The van der Waals surface area contributed by atoms with Crippen LogP contribution >= 0.6 is 0 Å². The maximum atomic E-state index is 14.1. The lowest BCUT2D eigenvalue weighted by Crippen LogP contribution is -2.27. The topological polar surface area (TPSA) is 27.1 Å². The first-order chi connectivity index (χ1) is 12.2. The highest BCUT2D eigenvalue weighted by molar-refractivity contribution is 6.10. The summed E-state index contributed by atoms with van der Waals surface area (Å²) in [5, 5.41) is 8.17. The quantitative estimate of drug-likeness (QED) is 0.150. The lowest BCUT2D eigenvalue weighted by atomic mass is 10.1. The number of amidine groups is 1. The Morgan fingerprint density at radius 2 is 1.92 bits per heavy atom. The summed E-state index contributed by atoms with van der Waals surface area (Å²) in [6.07, 6.45) is 3.60. The molecule has 26 heavy (non-hydrogen) atoms. The van der Waals surface area contributed by atoms with Crippen molar-refractivity contribution in [2.75, 3.05) is 4.90 Å². The first-order valence-corrected chi connectivity index (χ1v) is 7.72. The Hall–Kier alpha value is -2.70. The van der Waals surface area contributed by atoms with Gasteiger partial charge in [-0.15, -0.1) is 0 Å². The van der Waals surface area contributed by atoms with E-state index in [9.17, 15) is 22.0 Å². The maximum Gasteiger partial charge on any atom is 0.411 e. The summed E-state index contributed by atoms with van der Waals surface area (Å²) in [6.45, 7) is 5.40. The summed E-state index contributed by atoms with van der Waals surface area (Å²) in [5.74, 6) is -2.37. The van der Waals surface area contributed by atoms with E-state index in [4.69, 9.17) is 5.41 Å². The lowest BCUT2D eigenvalue weighted by molar-refractivity contribution is -0.0799. The molecule has 7 heteroatoms. The molecule has 0 spiro atoms. The van der Waals surface area contributed by atoms with Crippen LogP contribution in [0.5, 0.6) is 0 Å². The number of hydrogen-bond acceptors (Lipinski definition) is 1. The van der Waals surface area contributed by atoms with Crippen LogP contribution in [0.1, 0.15) is 19.8 Å². The van der Waals surface area contributed by atoms with Crippen molar-refractivity contribution in [2.45, 2.75) is 25.9 Å². The van der Waals surface area contributed by atoms with E-state index >= 15 is 0 Å². The molecule has 0 radical (unpaired) electrons. The first kappa shape index (κ1) is 21.3. The number of alkyl halides is 3. The highest BCUT2D eigenvalue weighted by atomic mass is 19.4. The molecule has 0 fully saturated rings. The molecular weight excluding hydrogens is 351 g/mol. The molecule has 1 aromatic carbocycles. The molecule has 0 saturated heterocycles. The highest BCUT2D eigenvalue weighted by Gasteiger charge is 2.24. The monoisotopic (exact) mass is 370 g/mol. The van der Waals surface area contributed by atoms with E-state index in [1.165, 1.54) is 6.08 Å². The van der Waals surface area contributed by atoms with Crippen LogP contribution < -0.4 is 4.90 Å². The Balaban J connectivity index is 3.27. The van der Waals surface area contributed by atoms with Gasteiger partial charge in [-0.2, -0.15) is 13.2 Å². The summed E-state index contributed by atoms with van der Waals surface area (Å²) < 4.78 is 64.8. The second kappa shape index (κ2) is 9.70. The molecule has 0 saturated carbocycles. The van der Waals surface area contributed by atoms with Gasteiger partial charge in [0.15, 0.2) is 0 Å². The van der Waals surface area contributed by atoms with Gasteiger partial charge in [-0.3, -0.25) is 10.3 Å². The Morgan fingerprint density at radius 1 is 1.23 bits per heavy atom. The summed E-state index contributed by atoms with van der Waals surface area (Å²) in [4.78, 5) is 0.700. The van der Waals surface area contributed by atoms with Gasteiger partial charge in [-0.05, 0) is 31.9 Å². The number of hydrogen-bond donors (Lipinski definition) is 1. The van der Waals surface area contributed by atoms with Crippen LogP contribution in [-0.4, -0.2) is 12.0 Å². The number of rotatable bonds is 7. The van der Waals surface area contributed by atoms with E-state index in [1.807, 2.05) is 19.1 Å². The fraction of sp³-hybridized carbons (Fsp3) is 0.211. The molecule has 0 aliphatic heterocycles. The van der Waals surface area contributed by atoms with Crippen molar-refractivity contribution in [1.29, 1.82) is 5.41 Å². The number of nitrogens with zero attached hydrogens (tertiary/aromatic N) is 1. The van der Waals surface area contributed by atoms with Crippen LogP contribution in [-0.2, 0) is 0 Å². The molecule has 2 nitrogen and oxygen atoms in total. The SMILES string of the molecule is C=C/C(=C\CC/C=C\C)C(=N)N(/C=C/C(F)(F)F)c1ccc(F)cc1F. The minimum Gasteiger partial charge on any atom is -0.299 e. The average Bonchev–Trinajstić information content (AvgIpc) is 2.55. The molecule has 0 aliphatic carbocycles. The number of halogens is 5. The van der Waals surface area contributed by atoms with Crippen LogP contribution in [0.4, 0.5) is 27.6 Å². The zero-order chi connectivity index (χ0) is 19.7. The van der Waals surface area contributed by atoms with Crippen LogP contribution in [0, 0.1) is 17.0 Å². The molecule has 0 aliphatic rings. The Kier molecular flexibility index (Phi) is 7.96. The molecular formula is C19H19F5N2. The van der Waals surface area contributed by atoms with Crippen molar-refractivity contribution in [2.24, 2.45) is 0 Å². The van der Waals surface area contributed by atoms with E-state index in [0.717, 1.165) is 12.1 Å². The lowest BCUT2D eigenvalue weighted by Gasteiger charge is -2.23. The maximum absolute atomic E-state index is 14.1. The van der Waals surface area contributed by atoms with Crippen LogP contribution in [0.3, 0.4) is 0 Å². The van der Waals surface area contributed by atoms with Crippen LogP contribution in [0.15, 0.2) is 66.9 Å². The molecule has 1 N–H and O–H groups in total. The first-order valence-electron chi connectivity index (χ1n) is 7.72. The van der Waals surface area contributed by atoms with Gasteiger partial charge in [0.05, 0.1) is 5.69 Å². The number of unbranched alkanes of at least 4 members (excludes halogenated alkanes) is 1. The smallest absolute Gasteiger partial charge is 0.299 e. The van der Waals surface area contributed by atoms with Gasteiger partial charge in [0.2, 0.25) is 0 Å². The van der Waals surface area contributed by atoms with E-state index in [2.05, 4.69) is 6.58 Å². The predicted octanol–water partition coefficient (Wildman–Crippen LogP) is 6.29. The third kappa shape index (κ3) is 6.66. The van der Waals surface area contributed by atoms with E-state index < -0.39 is 23.6 Å². The number of anilines is 1. The van der Waals surface area contributed by atoms with Gasteiger partial charge in [0.1, 0.15) is 17.5 Å². The molecule has 0 heterocycles. The molecule has 0 bridgehead atoms. The van der Waals surface area contributed by atoms with Gasteiger partial charge in [-0.25, -0.2) is 8.78 Å². The van der Waals surface area contributed by atoms with Crippen molar-refractivity contribution in [3.63, 3.8) is 0 Å². The van der Waals surface area contributed by atoms with E-state index in [1.54, 1.807) is 6.08 Å². The van der Waals surface area contributed by atoms with Gasteiger partial charge < -0.3 is 0 Å². The molecule has 140 valence electrons. The largest absolute Gasteiger partial charge is 0.411 e. The molecule has 0 amide bonds. The summed E-state index contributed by atoms with van der Waals surface area (Å²) >= 11 is 0. The number of benzene rings is 1. The standard InChI is InChI=1S/C19H19F5N2/c1-3-5-6-7-8-14(4-2)18(25)26(12-11-19(22,23)24)17-10-9-15(20)13-16(17)21/h3-5,8-13,25H,2,6-7H2,1H3/b5-3-,12-11+,14-8+,25-18?. The molecule has 0 unspecified atom stereocenters. The van der Waals surface area contributed by atoms with E-state index in [-0.39, 0.29) is 17.3 Å². The normalized spacial score (nSPS) is 12.8. The van der Waals surface area contributed by atoms with Crippen molar-refractivity contribution in [3.05, 3.63) is 78.6 Å². The van der Waals surface area contributed by atoms with Gasteiger partial charge >= 0.3 is 6.18 Å². The molecule has 0 aromatic heterocycles. The van der Waals surface area contributed by atoms with Crippen molar-refractivity contribution in [1.82, 2.24) is 0 Å². The van der Waals surface area contributed by atoms with Crippen molar-refractivity contribution < 1.29 is 22.0 Å². The molecule has 1 aromatic rings. The molecule has 0 atom stereocenters. The van der Waals surface area contributed by atoms with E-state index in [0.29, 0.717) is 30.0 Å². The summed E-state index contributed by atoms with van der Waals surface area (Å²) in [6, 6.07) is 2.42. The van der Waals surface area contributed by atoms with Crippen LogP contribution in [0.25, 0.3) is 0 Å². The van der Waals surface area contributed by atoms with Gasteiger partial charge in [0, 0.05) is 23.9 Å². The zero-order valence-corrected chi connectivity index (χ0v) is 14.2.